The molecule has 0 aliphatic heterocycles. The van der Waals surface area contributed by atoms with Crippen molar-refractivity contribution in [2.24, 2.45) is 0 Å². The molecule has 0 spiro atoms. The predicted octanol–water partition coefficient (Wildman–Crippen LogP) is 9.39. The lowest BCUT2D eigenvalue weighted by atomic mass is 9.82. The van der Waals surface area contributed by atoms with Gasteiger partial charge in [-0.25, -0.2) is 0 Å². The standard InChI is InChI=1S/C36H34N2/c1-26-9-13-33(14-10-26)38(34-15-11-27(2)12-16-34)35-19-17-32(18-20-35)37(4)36(3)22-21-30-23-28-7-5-6-8-29(28)24-31(30)25-36/h5-24H,25H2,1-4H3. The van der Waals surface area contributed by atoms with Gasteiger partial charge in [-0.3, -0.25) is 0 Å². The maximum atomic E-state index is 2.41. The van der Waals surface area contributed by atoms with Gasteiger partial charge < -0.3 is 9.80 Å². The van der Waals surface area contributed by atoms with Crippen molar-refractivity contribution in [3.63, 3.8) is 0 Å². The summed E-state index contributed by atoms with van der Waals surface area (Å²) in [6, 6.07) is 39.8. The van der Waals surface area contributed by atoms with Crippen molar-refractivity contribution in [1.82, 2.24) is 0 Å². The van der Waals surface area contributed by atoms with Crippen LogP contribution in [0.15, 0.2) is 115 Å². The van der Waals surface area contributed by atoms with E-state index in [4.69, 9.17) is 0 Å². The van der Waals surface area contributed by atoms with E-state index in [0.29, 0.717) is 0 Å². The molecule has 1 atom stereocenters. The fourth-order valence-corrected chi connectivity index (χ4v) is 5.51. The van der Waals surface area contributed by atoms with Crippen molar-refractivity contribution >= 4 is 39.6 Å². The normalized spacial score (nSPS) is 16.3. The van der Waals surface area contributed by atoms with Gasteiger partial charge in [0.15, 0.2) is 0 Å². The van der Waals surface area contributed by atoms with E-state index in [9.17, 15) is 0 Å². The van der Waals surface area contributed by atoms with Crippen molar-refractivity contribution in [2.75, 3.05) is 16.8 Å². The van der Waals surface area contributed by atoms with Gasteiger partial charge in [0.25, 0.3) is 0 Å². The molecule has 0 radical (unpaired) electrons. The molecule has 2 nitrogen and oxygen atoms in total. The summed E-state index contributed by atoms with van der Waals surface area (Å²) in [5, 5.41) is 2.61. The number of nitrogens with zero attached hydrogens (tertiary/aromatic N) is 2. The second kappa shape index (κ2) is 9.54. The predicted molar refractivity (Wildman–Crippen MR) is 164 cm³/mol. The lowest BCUT2D eigenvalue weighted by molar-refractivity contribution is 0.540. The largest absolute Gasteiger partial charge is 0.365 e. The number of hydrogen-bond acceptors (Lipinski definition) is 2. The Morgan fingerprint density at radius 3 is 1.63 bits per heavy atom. The second-order valence-corrected chi connectivity index (χ2v) is 10.8. The first-order valence-electron chi connectivity index (χ1n) is 13.4. The highest BCUT2D eigenvalue weighted by Crippen LogP contribution is 2.38. The topological polar surface area (TPSA) is 6.48 Å². The molecule has 38 heavy (non-hydrogen) atoms. The lowest BCUT2D eigenvalue weighted by Gasteiger charge is -2.41. The zero-order valence-corrected chi connectivity index (χ0v) is 22.6. The Hall–Kier alpha value is -4.30. The van der Waals surface area contributed by atoms with Gasteiger partial charge in [-0.15, -0.1) is 0 Å². The number of rotatable bonds is 5. The summed E-state index contributed by atoms with van der Waals surface area (Å²) >= 11 is 0. The van der Waals surface area contributed by atoms with E-state index in [1.54, 1.807) is 0 Å². The van der Waals surface area contributed by atoms with Crippen molar-refractivity contribution < 1.29 is 0 Å². The third-order valence-electron chi connectivity index (χ3n) is 8.02. The molecule has 0 N–H and O–H groups in total. The molecule has 5 aromatic rings. The maximum Gasteiger partial charge on any atom is 0.0597 e. The highest BCUT2D eigenvalue weighted by Gasteiger charge is 2.31. The van der Waals surface area contributed by atoms with Gasteiger partial charge in [0.2, 0.25) is 0 Å². The molecule has 0 heterocycles. The molecule has 0 bridgehead atoms. The van der Waals surface area contributed by atoms with Crippen LogP contribution in [-0.2, 0) is 6.42 Å². The van der Waals surface area contributed by atoms with Crippen molar-refractivity contribution in [1.29, 1.82) is 0 Å². The molecule has 6 rings (SSSR count). The maximum absolute atomic E-state index is 2.41. The molecular formula is C36H34N2. The molecule has 1 aliphatic carbocycles. The van der Waals surface area contributed by atoms with E-state index >= 15 is 0 Å². The van der Waals surface area contributed by atoms with Crippen LogP contribution in [0.3, 0.4) is 0 Å². The molecule has 188 valence electrons. The number of anilines is 4. The van der Waals surface area contributed by atoms with E-state index in [2.05, 4.69) is 159 Å². The summed E-state index contributed by atoms with van der Waals surface area (Å²) in [6.07, 6.45) is 5.64. The minimum Gasteiger partial charge on any atom is -0.365 e. The monoisotopic (exact) mass is 494 g/mol. The van der Waals surface area contributed by atoms with E-state index in [1.165, 1.54) is 38.7 Å². The quantitative estimate of drug-likeness (QED) is 0.240. The molecule has 0 saturated heterocycles. The molecule has 2 heteroatoms. The van der Waals surface area contributed by atoms with Crippen LogP contribution in [0.4, 0.5) is 22.7 Å². The summed E-state index contributed by atoms with van der Waals surface area (Å²) < 4.78 is 0. The Labute approximate surface area is 226 Å². The average molecular weight is 495 g/mol. The highest BCUT2D eigenvalue weighted by molar-refractivity contribution is 5.87. The van der Waals surface area contributed by atoms with Crippen LogP contribution in [0.2, 0.25) is 0 Å². The van der Waals surface area contributed by atoms with Crippen molar-refractivity contribution in [2.45, 2.75) is 32.7 Å². The summed E-state index contributed by atoms with van der Waals surface area (Å²) in [4.78, 5) is 4.74. The minimum absolute atomic E-state index is 0.107. The van der Waals surface area contributed by atoms with Crippen LogP contribution in [0.5, 0.6) is 0 Å². The van der Waals surface area contributed by atoms with Gasteiger partial charge in [-0.05, 0) is 104 Å². The van der Waals surface area contributed by atoms with E-state index in [-0.39, 0.29) is 5.54 Å². The third kappa shape index (κ3) is 4.48. The van der Waals surface area contributed by atoms with E-state index < -0.39 is 0 Å². The highest BCUT2D eigenvalue weighted by atomic mass is 15.2. The van der Waals surface area contributed by atoms with Crippen LogP contribution in [0.25, 0.3) is 16.8 Å². The summed E-state index contributed by atoms with van der Waals surface area (Å²) in [5.74, 6) is 0. The molecule has 1 aliphatic rings. The van der Waals surface area contributed by atoms with Gasteiger partial charge in [0.05, 0.1) is 5.54 Å². The van der Waals surface area contributed by atoms with Crippen LogP contribution in [0.1, 0.15) is 29.2 Å². The smallest absolute Gasteiger partial charge is 0.0597 e. The van der Waals surface area contributed by atoms with Gasteiger partial charge in [0, 0.05) is 29.8 Å². The Kier molecular flexibility index (Phi) is 6.04. The Morgan fingerprint density at radius 2 is 1.08 bits per heavy atom. The first kappa shape index (κ1) is 24.1. The van der Waals surface area contributed by atoms with Gasteiger partial charge >= 0.3 is 0 Å². The molecular weight excluding hydrogens is 460 g/mol. The number of aryl methyl sites for hydroxylation is 2. The summed E-state index contributed by atoms with van der Waals surface area (Å²) in [7, 11) is 2.21. The number of hydrogen-bond donors (Lipinski definition) is 0. The van der Waals surface area contributed by atoms with Gasteiger partial charge in [-0.2, -0.15) is 0 Å². The molecule has 0 aromatic heterocycles. The molecule has 0 amide bonds. The van der Waals surface area contributed by atoms with E-state index in [1.807, 2.05) is 0 Å². The van der Waals surface area contributed by atoms with Crippen molar-refractivity contribution in [3.05, 3.63) is 138 Å². The molecule has 5 aromatic carbocycles. The van der Waals surface area contributed by atoms with Crippen LogP contribution < -0.4 is 9.80 Å². The summed E-state index contributed by atoms with van der Waals surface area (Å²) in [5.41, 5.74) is 9.83. The first-order valence-corrected chi connectivity index (χ1v) is 13.4. The molecule has 0 fully saturated rings. The fraction of sp³-hybridized carbons (Fsp3) is 0.167. The zero-order chi connectivity index (χ0) is 26.3. The SMILES string of the molecule is Cc1ccc(N(c2ccc(C)cc2)c2ccc(N(C)C3(C)C=Cc4cc5ccccc5cc4C3)cc2)cc1. The minimum atomic E-state index is -0.107. The van der Waals surface area contributed by atoms with E-state index in [0.717, 1.165) is 23.5 Å². The van der Waals surface area contributed by atoms with Crippen molar-refractivity contribution in [3.8, 4) is 0 Å². The van der Waals surface area contributed by atoms with Gasteiger partial charge in [0.1, 0.15) is 0 Å². The zero-order valence-electron chi connectivity index (χ0n) is 22.6. The molecule has 0 saturated carbocycles. The van der Waals surface area contributed by atoms with Crippen LogP contribution in [-0.4, -0.2) is 12.6 Å². The van der Waals surface area contributed by atoms with Crippen LogP contribution >= 0.6 is 0 Å². The first-order chi connectivity index (χ1) is 18.4. The summed E-state index contributed by atoms with van der Waals surface area (Å²) in [6.45, 7) is 6.60. The molecule has 1 unspecified atom stereocenters. The lowest BCUT2D eigenvalue weighted by Crippen LogP contribution is -2.45. The van der Waals surface area contributed by atoms with Gasteiger partial charge in [-0.1, -0.05) is 77.9 Å². The Morgan fingerprint density at radius 1 is 0.605 bits per heavy atom. The second-order valence-electron chi connectivity index (χ2n) is 10.8. The number of benzene rings is 5. The average Bonchev–Trinajstić information content (AvgIpc) is 2.94. The van der Waals surface area contributed by atoms with Crippen LogP contribution in [0, 0.1) is 13.8 Å². The third-order valence-corrected chi connectivity index (χ3v) is 8.02. The number of likely N-dealkylation sites (N-methyl/N-ethyl adjacent to an activating group) is 1. The Bertz CT molecular complexity index is 1570. The fourth-order valence-electron chi connectivity index (χ4n) is 5.51. The number of fused-ring (bicyclic) bond motifs is 2. The Balaban J connectivity index is 1.31.